The van der Waals surface area contributed by atoms with Gasteiger partial charge in [-0.2, -0.15) is 0 Å². The predicted octanol–water partition coefficient (Wildman–Crippen LogP) is 3.74. The van der Waals surface area contributed by atoms with Crippen LogP contribution in [0.2, 0.25) is 0 Å². The van der Waals surface area contributed by atoms with Crippen LogP contribution in [0.4, 0.5) is 5.82 Å². The summed E-state index contributed by atoms with van der Waals surface area (Å²) < 4.78 is 0. The zero-order valence-corrected chi connectivity index (χ0v) is 15.9. The highest BCUT2D eigenvalue weighted by Crippen LogP contribution is 2.33. The molecule has 0 bridgehead atoms. The van der Waals surface area contributed by atoms with E-state index in [0.29, 0.717) is 0 Å². The minimum atomic E-state index is -0.0419. The smallest absolute Gasteiger partial charge is 0.184 e. The highest BCUT2D eigenvalue weighted by Gasteiger charge is 2.36. The molecule has 25 heavy (non-hydrogen) atoms. The molecular formula is C19H23N5S. The second-order valence-electron chi connectivity index (χ2n) is 7.54. The van der Waals surface area contributed by atoms with Crippen molar-refractivity contribution in [3.63, 3.8) is 0 Å². The molecule has 0 spiro atoms. The number of rotatable bonds is 2. The molecule has 0 unspecified atom stereocenters. The van der Waals surface area contributed by atoms with Gasteiger partial charge < -0.3 is 9.88 Å². The van der Waals surface area contributed by atoms with Gasteiger partial charge in [0, 0.05) is 12.0 Å². The van der Waals surface area contributed by atoms with E-state index in [0.717, 1.165) is 41.3 Å². The van der Waals surface area contributed by atoms with Gasteiger partial charge in [-0.25, -0.2) is 9.98 Å². The van der Waals surface area contributed by atoms with Crippen molar-refractivity contribution in [2.75, 3.05) is 12.8 Å². The third-order valence-electron chi connectivity index (χ3n) is 4.50. The summed E-state index contributed by atoms with van der Waals surface area (Å²) in [6, 6.07) is 10.8. The van der Waals surface area contributed by atoms with Crippen molar-refractivity contribution < 1.29 is 0 Å². The highest BCUT2D eigenvalue weighted by molar-refractivity contribution is 8.13. The Hall–Kier alpha value is -2.08. The standard InChI is InChI=1S/C19H23N5S/c1-19(2,3)17-21-14-15(22-17)23-18(25-4)24-11-13(20-16(14)24)10-12-8-6-5-7-9-12/h5-9,13H,10-11H2,1-4H3,(H,21,22)/t13-/m1/s1. The molecule has 1 atom stereocenters. The van der Waals surface area contributed by atoms with Crippen molar-refractivity contribution in [1.82, 2.24) is 14.9 Å². The van der Waals surface area contributed by atoms with Crippen molar-refractivity contribution in [2.24, 2.45) is 9.98 Å². The summed E-state index contributed by atoms with van der Waals surface area (Å²) in [6.45, 7) is 7.34. The van der Waals surface area contributed by atoms with Crippen molar-refractivity contribution in [2.45, 2.75) is 38.6 Å². The lowest BCUT2D eigenvalue weighted by Crippen LogP contribution is -2.36. The number of imidazole rings is 1. The van der Waals surface area contributed by atoms with Gasteiger partial charge in [0.2, 0.25) is 0 Å². The number of thioether (sulfide) groups is 1. The van der Waals surface area contributed by atoms with Crippen LogP contribution in [0.5, 0.6) is 0 Å². The molecule has 6 heteroatoms. The first-order chi connectivity index (χ1) is 12.0. The number of nitrogens with zero attached hydrogens (tertiary/aromatic N) is 4. The number of aromatic nitrogens is 2. The third kappa shape index (κ3) is 2.99. The quantitative estimate of drug-likeness (QED) is 0.895. The van der Waals surface area contributed by atoms with Gasteiger partial charge in [0.15, 0.2) is 16.8 Å². The fourth-order valence-electron chi connectivity index (χ4n) is 3.21. The number of nitrogens with one attached hydrogen (secondary N) is 1. The minimum Gasteiger partial charge on any atom is -0.337 e. The number of aromatic amines is 1. The molecule has 0 saturated heterocycles. The minimum absolute atomic E-state index is 0.0419. The van der Waals surface area contributed by atoms with Crippen LogP contribution in [-0.4, -0.2) is 44.7 Å². The second kappa shape index (κ2) is 6.02. The maximum Gasteiger partial charge on any atom is 0.184 e. The van der Waals surface area contributed by atoms with E-state index < -0.39 is 0 Å². The first-order valence-corrected chi connectivity index (χ1v) is 9.81. The van der Waals surface area contributed by atoms with Crippen LogP contribution < -0.4 is 0 Å². The summed E-state index contributed by atoms with van der Waals surface area (Å²) in [7, 11) is 0. The molecule has 1 aromatic carbocycles. The molecular weight excluding hydrogens is 330 g/mol. The molecule has 3 heterocycles. The Morgan fingerprint density at radius 3 is 2.68 bits per heavy atom. The highest BCUT2D eigenvalue weighted by atomic mass is 32.2. The molecule has 0 saturated carbocycles. The lowest BCUT2D eigenvalue weighted by atomic mass is 9.96. The number of aliphatic imine (C=N–C) groups is 2. The van der Waals surface area contributed by atoms with Crippen molar-refractivity contribution in [3.05, 3.63) is 47.4 Å². The molecule has 1 N–H and O–H groups in total. The van der Waals surface area contributed by atoms with Gasteiger partial charge in [-0.05, 0) is 18.2 Å². The summed E-state index contributed by atoms with van der Waals surface area (Å²) in [6.07, 6.45) is 3.00. The lowest BCUT2D eigenvalue weighted by molar-refractivity contribution is 0.552. The molecule has 0 fully saturated rings. The van der Waals surface area contributed by atoms with E-state index in [2.05, 4.69) is 67.2 Å². The van der Waals surface area contributed by atoms with Crippen LogP contribution in [0.15, 0.2) is 40.3 Å². The van der Waals surface area contributed by atoms with E-state index in [1.165, 1.54) is 5.56 Å². The maximum atomic E-state index is 5.02. The Kier molecular flexibility index (Phi) is 3.95. The van der Waals surface area contributed by atoms with E-state index in [4.69, 9.17) is 15.0 Å². The molecule has 0 amide bonds. The molecule has 0 aliphatic carbocycles. The van der Waals surface area contributed by atoms with Crippen molar-refractivity contribution in [1.29, 1.82) is 0 Å². The number of hydrogen-bond acceptors (Lipinski definition) is 5. The summed E-state index contributed by atoms with van der Waals surface area (Å²) >= 11 is 1.65. The van der Waals surface area contributed by atoms with Crippen molar-refractivity contribution >= 4 is 28.6 Å². The topological polar surface area (TPSA) is 56.6 Å². The van der Waals surface area contributed by atoms with Gasteiger partial charge in [0.25, 0.3) is 0 Å². The summed E-state index contributed by atoms with van der Waals surface area (Å²) in [5, 5.41) is 0.980. The summed E-state index contributed by atoms with van der Waals surface area (Å²) in [5.74, 6) is 2.71. The van der Waals surface area contributed by atoms with Crippen LogP contribution >= 0.6 is 11.8 Å². The van der Waals surface area contributed by atoms with Crippen LogP contribution in [0, 0.1) is 0 Å². The summed E-state index contributed by atoms with van der Waals surface area (Å²) in [4.78, 5) is 20.2. The number of fused-ring (bicyclic) bond motifs is 3. The van der Waals surface area contributed by atoms with E-state index >= 15 is 0 Å². The Labute approximate surface area is 152 Å². The van der Waals surface area contributed by atoms with Crippen LogP contribution in [0.1, 0.15) is 37.9 Å². The predicted molar refractivity (Wildman–Crippen MR) is 105 cm³/mol. The fourth-order valence-corrected chi connectivity index (χ4v) is 3.77. The molecule has 130 valence electrons. The first kappa shape index (κ1) is 16.4. The average Bonchev–Trinajstić information content (AvgIpc) is 3.18. The molecule has 2 aliphatic rings. The van der Waals surface area contributed by atoms with Gasteiger partial charge in [-0.15, -0.1) is 0 Å². The first-order valence-electron chi connectivity index (χ1n) is 8.58. The normalized spacial score (nSPS) is 19.4. The molecule has 5 nitrogen and oxygen atoms in total. The van der Waals surface area contributed by atoms with Gasteiger partial charge in [0.05, 0.1) is 6.04 Å². The largest absolute Gasteiger partial charge is 0.337 e. The van der Waals surface area contributed by atoms with Crippen LogP contribution in [-0.2, 0) is 11.8 Å². The molecule has 2 aromatic rings. The fraction of sp³-hybridized carbons (Fsp3) is 0.421. The Morgan fingerprint density at radius 1 is 1.24 bits per heavy atom. The lowest BCUT2D eigenvalue weighted by Gasteiger charge is -2.24. The van der Waals surface area contributed by atoms with E-state index in [9.17, 15) is 0 Å². The van der Waals surface area contributed by atoms with Crippen molar-refractivity contribution in [3.8, 4) is 0 Å². The molecule has 4 rings (SSSR count). The Balaban J connectivity index is 1.70. The summed E-state index contributed by atoms with van der Waals surface area (Å²) in [5.41, 5.74) is 2.23. The third-order valence-corrected chi connectivity index (χ3v) is 5.18. The maximum absolute atomic E-state index is 5.02. The van der Waals surface area contributed by atoms with Gasteiger partial charge in [-0.1, -0.05) is 62.9 Å². The van der Waals surface area contributed by atoms with E-state index in [1.807, 2.05) is 0 Å². The van der Waals surface area contributed by atoms with Crippen LogP contribution in [0.25, 0.3) is 0 Å². The van der Waals surface area contributed by atoms with E-state index in [-0.39, 0.29) is 11.5 Å². The average molecular weight is 353 g/mol. The number of amidine groups is 2. The number of hydrogen-bond donors (Lipinski definition) is 1. The zero-order chi connectivity index (χ0) is 17.6. The zero-order valence-electron chi connectivity index (χ0n) is 15.1. The van der Waals surface area contributed by atoms with Gasteiger partial charge in [0.1, 0.15) is 11.5 Å². The van der Waals surface area contributed by atoms with Crippen LogP contribution in [0.3, 0.4) is 0 Å². The number of benzene rings is 1. The molecule has 0 radical (unpaired) electrons. The van der Waals surface area contributed by atoms with Gasteiger partial charge in [-0.3, -0.25) is 4.99 Å². The van der Waals surface area contributed by atoms with Gasteiger partial charge >= 0.3 is 0 Å². The molecule has 1 aromatic heterocycles. The monoisotopic (exact) mass is 353 g/mol. The molecule has 2 aliphatic heterocycles. The van der Waals surface area contributed by atoms with E-state index in [1.54, 1.807) is 11.8 Å². The Bertz CT molecular complexity index is 844. The number of H-pyrrole nitrogens is 1. The SMILES string of the molecule is CSC1=Nc2nc(C(C)(C)C)[nH]c2C2=N[C@H](Cc3ccccc3)CN12. The second-order valence-corrected chi connectivity index (χ2v) is 8.31. The Morgan fingerprint density at radius 2 is 2.00 bits per heavy atom.